The SMILES string of the molecule is CCOC(=O)C(C)Oc1ccc(Cl)cc1C=C1C(=O)NN(c2ccccc2)C1=O. The van der Waals surface area contributed by atoms with Crippen LogP contribution in [-0.4, -0.2) is 30.5 Å². The number of amides is 2. The second kappa shape index (κ2) is 8.79. The van der Waals surface area contributed by atoms with Gasteiger partial charge in [-0.15, -0.1) is 0 Å². The van der Waals surface area contributed by atoms with Crippen molar-refractivity contribution in [1.82, 2.24) is 5.43 Å². The summed E-state index contributed by atoms with van der Waals surface area (Å²) < 4.78 is 10.6. The number of ether oxygens (including phenoxy) is 2. The van der Waals surface area contributed by atoms with Gasteiger partial charge in [0.15, 0.2) is 6.10 Å². The number of hydrogen-bond acceptors (Lipinski definition) is 5. The Morgan fingerprint density at radius 2 is 1.93 bits per heavy atom. The Morgan fingerprint density at radius 3 is 2.62 bits per heavy atom. The fourth-order valence-electron chi connectivity index (χ4n) is 2.71. The Bertz CT molecular complexity index is 974. The maximum atomic E-state index is 12.8. The van der Waals surface area contributed by atoms with Crippen molar-refractivity contribution in [3.63, 3.8) is 0 Å². The summed E-state index contributed by atoms with van der Waals surface area (Å²) in [6.45, 7) is 3.48. The van der Waals surface area contributed by atoms with Gasteiger partial charge in [0.2, 0.25) is 0 Å². The predicted molar refractivity (Wildman–Crippen MR) is 108 cm³/mol. The number of carbonyl (C=O) groups excluding carboxylic acids is 3. The van der Waals surface area contributed by atoms with Crippen LogP contribution in [0.1, 0.15) is 19.4 Å². The molecule has 29 heavy (non-hydrogen) atoms. The molecule has 2 amide bonds. The van der Waals surface area contributed by atoms with Gasteiger partial charge in [0.25, 0.3) is 11.8 Å². The zero-order chi connectivity index (χ0) is 21.0. The first kappa shape index (κ1) is 20.4. The molecule has 0 aliphatic carbocycles. The molecule has 7 nitrogen and oxygen atoms in total. The summed E-state index contributed by atoms with van der Waals surface area (Å²) in [4.78, 5) is 37.0. The first-order chi connectivity index (χ1) is 13.9. The lowest BCUT2D eigenvalue weighted by molar-refractivity contribution is -0.150. The summed E-state index contributed by atoms with van der Waals surface area (Å²) in [5.74, 6) is -1.29. The van der Waals surface area contributed by atoms with Crippen LogP contribution in [-0.2, 0) is 19.1 Å². The smallest absolute Gasteiger partial charge is 0.347 e. The molecule has 1 N–H and O–H groups in total. The average Bonchev–Trinajstić information content (AvgIpc) is 2.99. The summed E-state index contributed by atoms with van der Waals surface area (Å²) in [5, 5.41) is 1.55. The molecule has 8 heteroatoms. The van der Waals surface area contributed by atoms with Crippen molar-refractivity contribution in [2.24, 2.45) is 0 Å². The molecular formula is C21H19ClN2O5. The highest BCUT2D eigenvalue weighted by molar-refractivity contribution is 6.32. The molecule has 1 unspecified atom stereocenters. The summed E-state index contributed by atoms with van der Waals surface area (Å²) in [5.41, 5.74) is 3.38. The normalized spacial score (nSPS) is 16.0. The van der Waals surface area contributed by atoms with Gasteiger partial charge in [-0.2, -0.15) is 0 Å². The van der Waals surface area contributed by atoms with Crippen LogP contribution in [0.15, 0.2) is 54.1 Å². The maximum Gasteiger partial charge on any atom is 0.347 e. The number of carbonyl (C=O) groups is 3. The molecule has 1 aliphatic rings. The third-order valence-corrected chi connectivity index (χ3v) is 4.33. The molecule has 1 atom stereocenters. The van der Waals surface area contributed by atoms with Crippen molar-refractivity contribution in [2.45, 2.75) is 20.0 Å². The van der Waals surface area contributed by atoms with E-state index in [1.54, 1.807) is 56.3 Å². The number of benzene rings is 2. The van der Waals surface area contributed by atoms with Crippen molar-refractivity contribution < 1.29 is 23.9 Å². The topological polar surface area (TPSA) is 84.9 Å². The number of hydrazine groups is 1. The van der Waals surface area contributed by atoms with Crippen LogP contribution in [0.3, 0.4) is 0 Å². The van der Waals surface area contributed by atoms with E-state index in [4.69, 9.17) is 21.1 Å². The summed E-state index contributed by atoms with van der Waals surface area (Å²) >= 11 is 6.08. The monoisotopic (exact) mass is 414 g/mol. The predicted octanol–water partition coefficient (Wildman–Crippen LogP) is 3.13. The molecule has 0 saturated carbocycles. The third kappa shape index (κ3) is 4.57. The molecule has 2 aromatic rings. The first-order valence-corrected chi connectivity index (χ1v) is 9.33. The lowest BCUT2D eigenvalue weighted by atomic mass is 10.1. The van der Waals surface area contributed by atoms with Crippen molar-refractivity contribution >= 4 is 41.1 Å². The molecule has 1 heterocycles. The van der Waals surface area contributed by atoms with Gasteiger partial charge in [-0.25, -0.2) is 9.80 Å². The largest absolute Gasteiger partial charge is 0.478 e. The van der Waals surface area contributed by atoms with E-state index < -0.39 is 23.9 Å². The fraction of sp³-hybridized carbons (Fsp3) is 0.190. The Labute approximate surface area is 172 Å². The van der Waals surface area contributed by atoms with Crippen molar-refractivity contribution in [3.05, 3.63) is 64.7 Å². The van der Waals surface area contributed by atoms with Gasteiger partial charge in [0, 0.05) is 10.6 Å². The van der Waals surface area contributed by atoms with E-state index in [0.29, 0.717) is 22.0 Å². The quantitative estimate of drug-likeness (QED) is 0.446. The van der Waals surface area contributed by atoms with Crippen LogP contribution >= 0.6 is 11.6 Å². The van der Waals surface area contributed by atoms with E-state index in [1.807, 2.05) is 6.07 Å². The molecule has 1 fully saturated rings. The molecule has 1 saturated heterocycles. The highest BCUT2D eigenvalue weighted by Crippen LogP contribution is 2.28. The van der Waals surface area contributed by atoms with Gasteiger partial charge in [-0.05, 0) is 50.3 Å². The zero-order valence-corrected chi connectivity index (χ0v) is 16.6. The van der Waals surface area contributed by atoms with Crippen molar-refractivity contribution in [3.8, 4) is 5.75 Å². The van der Waals surface area contributed by atoms with Gasteiger partial charge in [-0.1, -0.05) is 29.8 Å². The van der Waals surface area contributed by atoms with Gasteiger partial charge in [0.05, 0.1) is 12.3 Å². The van der Waals surface area contributed by atoms with E-state index in [1.165, 1.54) is 11.1 Å². The number of rotatable bonds is 6. The average molecular weight is 415 g/mol. The molecule has 3 rings (SSSR count). The number of halogens is 1. The molecule has 0 aromatic heterocycles. The number of nitrogens with zero attached hydrogens (tertiary/aromatic N) is 1. The van der Waals surface area contributed by atoms with Crippen LogP contribution < -0.4 is 15.2 Å². The number of para-hydroxylation sites is 1. The minimum Gasteiger partial charge on any atom is -0.478 e. The molecule has 0 bridgehead atoms. The first-order valence-electron chi connectivity index (χ1n) is 8.95. The summed E-state index contributed by atoms with van der Waals surface area (Å²) in [7, 11) is 0. The number of anilines is 1. The Morgan fingerprint density at radius 1 is 1.21 bits per heavy atom. The van der Waals surface area contributed by atoms with Crippen LogP contribution in [0, 0.1) is 0 Å². The molecular weight excluding hydrogens is 396 g/mol. The molecule has 1 aliphatic heterocycles. The van der Waals surface area contributed by atoms with Crippen molar-refractivity contribution in [1.29, 1.82) is 0 Å². The zero-order valence-electron chi connectivity index (χ0n) is 15.8. The lowest BCUT2D eigenvalue weighted by Gasteiger charge is -2.15. The van der Waals surface area contributed by atoms with Gasteiger partial charge in [0.1, 0.15) is 11.3 Å². The number of nitrogens with one attached hydrogen (secondary N) is 1. The van der Waals surface area contributed by atoms with E-state index in [-0.39, 0.29) is 12.2 Å². The van der Waals surface area contributed by atoms with E-state index >= 15 is 0 Å². The Kier molecular flexibility index (Phi) is 6.19. The Hall–Kier alpha value is -3.32. The number of hydrogen-bond donors (Lipinski definition) is 1. The van der Waals surface area contributed by atoms with E-state index in [0.717, 1.165) is 0 Å². The minimum atomic E-state index is -0.873. The maximum absolute atomic E-state index is 12.8. The van der Waals surface area contributed by atoms with Gasteiger partial charge in [-0.3, -0.25) is 15.0 Å². The molecule has 2 aromatic carbocycles. The van der Waals surface area contributed by atoms with Crippen LogP contribution in [0.25, 0.3) is 6.08 Å². The van der Waals surface area contributed by atoms with Crippen LogP contribution in [0.4, 0.5) is 5.69 Å². The Balaban J connectivity index is 1.91. The third-order valence-electron chi connectivity index (χ3n) is 4.10. The van der Waals surface area contributed by atoms with Gasteiger partial charge >= 0.3 is 5.97 Å². The van der Waals surface area contributed by atoms with E-state index in [9.17, 15) is 14.4 Å². The molecule has 0 radical (unpaired) electrons. The van der Waals surface area contributed by atoms with Gasteiger partial charge < -0.3 is 9.47 Å². The minimum absolute atomic E-state index is 0.0789. The van der Waals surface area contributed by atoms with Crippen LogP contribution in [0.5, 0.6) is 5.75 Å². The highest BCUT2D eigenvalue weighted by Gasteiger charge is 2.34. The van der Waals surface area contributed by atoms with E-state index in [2.05, 4.69) is 5.43 Å². The summed E-state index contributed by atoms with van der Waals surface area (Å²) in [6.07, 6.45) is 0.516. The number of esters is 1. The molecule has 0 spiro atoms. The van der Waals surface area contributed by atoms with Crippen LogP contribution in [0.2, 0.25) is 5.02 Å². The lowest BCUT2D eigenvalue weighted by Crippen LogP contribution is -2.35. The second-order valence-corrected chi connectivity index (χ2v) is 6.61. The standard InChI is InChI=1S/C21H19ClN2O5/c1-3-28-21(27)13(2)29-18-10-9-15(22)11-14(18)12-17-19(25)23-24(20(17)26)16-7-5-4-6-8-16/h4-13H,3H2,1-2H3,(H,23,25). The fourth-order valence-corrected chi connectivity index (χ4v) is 2.89. The molecule has 150 valence electrons. The highest BCUT2D eigenvalue weighted by atomic mass is 35.5. The second-order valence-electron chi connectivity index (χ2n) is 6.17. The summed E-state index contributed by atoms with van der Waals surface area (Å²) in [6, 6.07) is 13.4. The van der Waals surface area contributed by atoms with Crippen molar-refractivity contribution in [2.75, 3.05) is 11.6 Å².